The number of hydrogen-bond donors (Lipinski definition) is 3. The van der Waals surface area contributed by atoms with Crippen LogP contribution in [0.3, 0.4) is 0 Å². The van der Waals surface area contributed by atoms with Gasteiger partial charge in [-0.25, -0.2) is 9.97 Å². The van der Waals surface area contributed by atoms with E-state index in [1.165, 1.54) is 0 Å². The minimum absolute atomic E-state index is 0.0381. The molecule has 38 heavy (non-hydrogen) atoms. The number of benzene rings is 1. The van der Waals surface area contributed by atoms with Crippen LogP contribution in [0, 0.1) is 12.8 Å². The van der Waals surface area contributed by atoms with E-state index >= 15 is 0 Å². The molecule has 6 rings (SSSR count). The molecule has 9 nitrogen and oxygen atoms in total. The van der Waals surface area contributed by atoms with Crippen LogP contribution in [-0.2, 0) is 4.79 Å². The second kappa shape index (κ2) is 9.51. The highest BCUT2D eigenvalue weighted by molar-refractivity contribution is 5.95. The molecule has 0 atom stereocenters. The van der Waals surface area contributed by atoms with Crippen molar-refractivity contribution in [2.24, 2.45) is 5.92 Å². The summed E-state index contributed by atoms with van der Waals surface area (Å²) in [6, 6.07) is 15.8. The van der Waals surface area contributed by atoms with Crippen LogP contribution in [0.5, 0.6) is 0 Å². The molecule has 1 aromatic carbocycles. The van der Waals surface area contributed by atoms with Crippen LogP contribution in [-0.4, -0.2) is 41.0 Å². The van der Waals surface area contributed by atoms with Crippen molar-refractivity contribution in [1.82, 2.24) is 35.1 Å². The molecule has 0 radical (unpaired) electrons. The molecule has 0 saturated carbocycles. The standard InChI is InChI=1S/C29H26N8O/c1-16(2)11-24(38)32-20-13-19(14-30-15-20)21-7-8-23-27(33-21)28(37-36-23)29-34-22-9-10-31-25(26(22)35-29)18-6-4-5-17(3)12-18/h4-10,12-16H,11H2,1-3H3,(H,32,38)(H,34,35)(H,36,37). The number of pyridine rings is 3. The Morgan fingerprint density at radius 2 is 1.82 bits per heavy atom. The van der Waals surface area contributed by atoms with Crippen LogP contribution in [0.4, 0.5) is 5.69 Å². The first-order valence-electron chi connectivity index (χ1n) is 12.5. The number of hydrogen-bond acceptors (Lipinski definition) is 6. The second-order valence-corrected chi connectivity index (χ2v) is 9.78. The number of rotatable bonds is 6. The first-order chi connectivity index (χ1) is 18.4. The van der Waals surface area contributed by atoms with Gasteiger partial charge in [-0.15, -0.1) is 0 Å². The van der Waals surface area contributed by atoms with Gasteiger partial charge < -0.3 is 10.3 Å². The van der Waals surface area contributed by atoms with Gasteiger partial charge in [-0.3, -0.25) is 19.9 Å². The Labute approximate surface area is 218 Å². The monoisotopic (exact) mass is 502 g/mol. The molecule has 0 unspecified atom stereocenters. The fourth-order valence-corrected chi connectivity index (χ4v) is 4.51. The van der Waals surface area contributed by atoms with Crippen LogP contribution < -0.4 is 5.32 Å². The first-order valence-corrected chi connectivity index (χ1v) is 12.5. The first kappa shape index (κ1) is 23.5. The van der Waals surface area contributed by atoms with E-state index in [9.17, 15) is 4.79 Å². The quantitative estimate of drug-likeness (QED) is 0.260. The van der Waals surface area contributed by atoms with E-state index in [4.69, 9.17) is 9.97 Å². The number of amides is 1. The van der Waals surface area contributed by atoms with Gasteiger partial charge in [0.1, 0.15) is 11.0 Å². The maximum Gasteiger partial charge on any atom is 0.224 e. The summed E-state index contributed by atoms with van der Waals surface area (Å²) in [5.41, 5.74) is 8.84. The highest BCUT2D eigenvalue weighted by Gasteiger charge is 2.18. The van der Waals surface area contributed by atoms with Gasteiger partial charge in [0.25, 0.3) is 0 Å². The van der Waals surface area contributed by atoms with E-state index in [-0.39, 0.29) is 11.8 Å². The molecule has 5 aromatic heterocycles. The number of imidazole rings is 1. The lowest BCUT2D eigenvalue weighted by atomic mass is 10.1. The summed E-state index contributed by atoms with van der Waals surface area (Å²) in [5, 5.41) is 10.5. The molecule has 0 spiro atoms. The zero-order valence-corrected chi connectivity index (χ0v) is 21.3. The highest BCUT2D eigenvalue weighted by Crippen LogP contribution is 2.31. The van der Waals surface area contributed by atoms with E-state index in [0.717, 1.165) is 38.9 Å². The molecular weight excluding hydrogens is 476 g/mol. The Bertz CT molecular complexity index is 1800. The predicted octanol–water partition coefficient (Wildman–Crippen LogP) is 5.92. The molecular formula is C29H26N8O. The molecule has 5 heterocycles. The molecule has 0 bridgehead atoms. The highest BCUT2D eigenvalue weighted by atomic mass is 16.1. The summed E-state index contributed by atoms with van der Waals surface area (Å²) in [6.45, 7) is 6.08. The number of aromatic nitrogens is 7. The molecule has 6 aromatic rings. The van der Waals surface area contributed by atoms with E-state index < -0.39 is 0 Å². The largest absolute Gasteiger partial charge is 0.336 e. The third-order valence-corrected chi connectivity index (χ3v) is 6.24. The molecule has 1 amide bonds. The third kappa shape index (κ3) is 4.50. The van der Waals surface area contributed by atoms with Crippen LogP contribution in [0.15, 0.2) is 67.1 Å². The molecule has 0 aliphatic heterocycles. The lowest BCUT2D eigenvalue weighted by Gasteiger charge is -2.08. The SMILES string of the molecule is Cc1cccc(-c2nccc3[nH]c(-c4n[nH]c5ccc(-c6cncc(NC(=O)CC(C)C)c6)nc45)nc23)c1. The van der Waals surface area contributed by atoms with Crippen molar-refractivity contribution in [2.75, 3.05) is 5.32 Å². The Hall–Kier alpha value is -4.92. The topological polar surface area (TPSA) is 125 Å². The zero-order valence-electron chi connectivity index (χ0n) is 21.3. The summed E-state index contributed by atoms with van der Waals surface area (Å²) in [4.78, 5) is 34.3. The van der Waals surface area contributed by atoms with Crippen LogP contribution in [0.25, 0.3) is 56.1 Å². The van der Waals surface area contributed by atoms with Crippen molar-refractivity contribution < 1.29 is 4.79 Å². The van der Waals surface area contributed by atoms with Crippen molar-refractivity contribution in [3.8, 4) is 34.0 Å². The molecule has 9 heteroatoms. The number of fused-ring (bicyclic) bond motifs is 2. The summed E-state index contributed by atoms with van der Waals surface area (Å²) in [6.07, 6.45) is 5.59. The van der Waals surface area contributed by atoms with E-state index in [2.05, 4.69) is 49.5 Å². The van der Waals surface area contributed by atoms with Crippen molar-refractivity contribution in [1.29, 1.82) is 0 Å². The predicted molar refractivity (Wildman–Crippen MR) is 148 cm³/mol. The number of anilines is 1. The van der Waals surface area contributed by atoms with Crippen molar-refractivity contribution in [3.63, 3.8) is 0 Å². The van der Waals surface area contributed by atoms with Crippen molar-refractivity contribution in [3.05, 3.63) is 72.7 Å². The van der Waals surface area contributed by atoms with Gasteiger partial charge in [0, 0.05) is 29.9 Å². The van der Waals surface area contributed by atoms with E-state index in [0.29, 0.717) is 34.8 Å². The summed E-state index contributed by atoms with van der Waals surface area (Å²) < 4.78 is 0. The van der Waals surface area contributed by atoms with Crippen LogP contribution >= 0.6 is 0 Å². The Balaban J connectivity index is 1.38. The summed E-state index contributed by atoms with van der Waals surface area (Å²) in [7, 11) is 0. The maximum atomic E-state index is 12.2. The van der Waals surface area contributed by atoms with Crippen LogP contribution in [0.2, 0.25) is 0 Å². The number of carbonyl (C=O) groups excluding carboxylic acids is 1. The number of H-pyrrole nitrogens is 2. The maximum absolute atomic E-state index is 12.2. The number of aryl methyl sites for hydroxylation is 1. The molecule has 0 aliphatic rings. The molecule has 0 aliphatic carbocycles. The zero-order chi connectivity index (χ0) is 26.2. The van der Waals surface area contributed by atoms with Gasteiger partial charge >= 0.3 is 0 Å². The normalized spacial score (nSPS) is 11.5. The lowest BCUT2D eigenvalue weighted by Crippen LogP contribution is -2.14. The van der Waals surface area contributed by atoms with Crippen molar-refractivity contribution >= 4 is 33.7 Å². The molecule has 0 saturated heterocycles. The van der Waals surface area contributed by atoms with Gasteiger partial charge in [-0.1, -0.05) is 37.6 Å². The van der Waals surface area contributed by atoms with Crippen molar-refractivity contribution in [2.45, 2.75) is 27.2 Å². The minimum atomic E-state index is -0.0381. The Morgan fingerprint density at radius 3 is 2.66 bits per heavy atom. The van der Waals surface area contributed by atoms with Gasteiger partial charge in [0.05, 0.1) is 34.3 Å². The fourth-order valence-electron chi connectivity index (χ4n) is 4.51. The lowest BCUT2D eigenvalue weighted by molar-refractivity contribution is -0.116. The number of carbonyl (C=O) groups is 1. The van der Waals surface area contributed by atoms with E-state index in [1.54, 1.807) is 18.6 Å². The average Bonchev–Trinajstić information content (AvgIpc) is 3.52. The average molecular weight is 503 g/mol. The minimum Gasteiger partial charge on any atom is -0.336 e. The number of aromatic amines is 2. The smallest absolute Gasteiger partial charge is 0.224 e. The van der Waals surface area contributed by atoms with E-state index in [1.807, 2.05) is 50.2 Å². The van der Waals surface area contributed by atoms with Gasteiger partial charge in [0.2, 0.25) is 5.91 Å². The Kier molecular flexibility index (Phi) is 5.88. The summed E-state index contributed by atoms with van der Waals surface area (Å²) >= 11 is 0. The molecule has 188 valence electrons. The Morgan fingerprint density at radius 1 is 0.947 bits per heavy atom. The van der Waals surface area contributed by atoms with Crippen LogP contribution in [0.1, 0.15) is 25.8 Å². The second-order valence-electron chi connectivity index (χ2n) is 9.78. The number of nitrogens with zero attached hydrogens (tertiary/aromatic N) is 5. The number of nitrogens with one attached hydrogen (secondary N) is 3. The molecule has 0 fully saturated rings. The van der Waals surface area contributed by atoms with Gasteiger partial charge in [0.15, 0.2) is 11.5 Å². The molecule has 3 N–H and O–H groups in total. The fraction of sp³-hybridized carbons (Fsp3) is 0.172. The van der Waals surface area contributed by atoms with Gasteiger partial charge in [-0.05, 0) is 43.2 Å². The third-order valence-electron chi connectivity index (χ3n) is 6.24. The van der Waals surface area contributed by atoms with Gasteiger partial charge in [-0.2, -0.15) is 5.10 Å². The summed E-state index contributed by atoms with van der Waals surface area (Å²) in [5.74, 6) is 0.839.